The second kappa shape index (κ2) is 13.3. The molecule has 7 nitrogen and oxygen atoms in total. The predicted molar refractivity (Wildman–Crippen MR) is 171 cm³/mol. The van der Waals surface area contributed by atoms with Crippen LogP contribution in [0.25, 0.3) is 11.6 Å². The first-order valence-corrected chi connectivity index (χ1v) is 16.0. The van der Waals surface area contributed by atoms with Crippen molar-refractivity contribution >= 4 is 46.1 Å². The van der Waals surface area contributed by atoms with E-state index in [2.05, 4.69) is 22.6 Å². The number of aliphatic hydroxyl groups excluding tert-OH is 2. The van der Waals surface area contributed by atoms with E-state index < -0.39 is 23.9 Å². The molecule has 3 aliphatic rings. The molecule has 0 bridgehead atoms. The number of ether oxygens (including phenoxy) is 1. The minimum Gasteiger partial charge on any atom is -0.504 e. The van der Waals surface area contributed by atoms with E-state index in [1.807, 2.05) is 49.4 Å². The number of hydrogen-bond acceptors (Lipinski definition) is 6. The Morgan fingerprint density at radius 2 is 1.83 bits per heavy atom. The monoisotopic (exact) mass is 685 g/mol. The number of imide groups is 1. The number of rotatable bonds is 9. The Balaban J connectivity index is 1.39. The number of fused-ring (bicyclic) bond motifs is 1. The maximum Gasteiger partial charge on any atom is 0.234 e. The predicted octanol–water partition coefficient (Wildman–Crippen LogP) is 5.95. The van der Waals surface area contributed by atoms with Crippen LogP contribution >= 0.6 is 22.6 Å². The van der Waals surface area contributed by atoms with Crippen molar-refractivity contribution in [1.82, 2.24) is 4.90 Å². The molecule has 2 aromatic rings. The van der Waals surface area contributed by atoms with E-state index in [1.54, 1.807) is 6.07 Å². The maximum absolute atomic E-state index is 13.7. The van der Waals surface area contributed by atoms with Crippen molar-refractivity contribution in [2.45, 2.75) is 70.4 Å². The fourth-order valence-electron chi connectivity index (χ4n) is 7.27. The van der Waals surface area contributed by atoms with Gasteiger partial charge in [0.2, 0.25) is 11.8 Å². The summed E-state index contributed by atoms with van der Waals surface area (Å²) in [5, 5.41) is 32.4. The fourth-order valence-corrected chi connectivity index (χ4v) is 7.90. The van der Waals surface area contributed by atoms with Gasteiger partial charge in [0.1, 0.15) is 0 Å². The Labute approximate surface area is 261 Å². The summed E-state index contributed by atoms with van der Waals surface area (Å²) in [4.78, 5) is 28.7. The first-order chi connectivity index (χ1) is 20.2. The first-order valence-electron chi connectivity index (χ1n) is 14.9. The van der Waals surface area contributed by atoms with Crippen molar-refractivity contribution in [3.63, 3.8) is 0 Å². The normalized spacial score (nSPS) is 24.3. The molecule has 1 heterocycles. The molecule has 1 aliphatic heterocycles. The van der Waals surface area contributed by atoms with Crippen LogP contribution < -0.4 is 4.74 Å². The van der Waals surface area contributed by atoms with E-state index in [1.165, 1.54) is 12.0 Å². The lowest BCUT2D eigenvalue weighted by Crippen LogP contribution is -2.42. The van der Waals surface area contributed by atoms with Gasteiger partial charge in [-0.3, -0.25) is 14.5 Å². The van der Waals surface area contributed by atoms with Crippen molar-refractivity contribution in [2.75, 3.05) is 13.7 Å². The van der Waals surface area contributed by atoms with E-state index in [0.29, 0.717) is 34.2 Å². The molecule has 0 spiro atoms. The van der Waals surface area contributed by atoms with E-state index in [9.17, 15) is 24.9 Å². The highest BCUT2D eigenvalue weighted by atomic mass is 127. The highest BCUT2D eigenvalue weighted by Gasteiger charge is 2.55. The van der Waals surface area contributed by atoms with Gasteiger partial charge in [0.05, 0.1) is 35.2 Å². The van der Waals surface area contributed by atoms with E-state index in [4.69, 9.17) is 4.74 Å². The topological polar surface area (TPSA) is 107 Å². The van der Waals surface area contributed by atoms with Gasteiger partial charge in [0, 0.05) is 12.0 Å². The summed E-state index contributed by atoms with van der Waals surface area (Å²) < 4.78 is 6.03. The van der Waals surface area contributed by atoms with Crippen molar-refractivity contribution < 1.29 is 29.6 Å². The molecule has 2 aliphatic carbocycles. The molecule has 5 rings (SSSR count). The van der Waals surface area contributed by atoms with Crippen molar-refractivity contribution in [3.05, 3.63) is 68.3 Å². The zero-order chi connectivity index (χ0) is 30.0. The molecular formula is C34H40INO6. The molecule has 2 aromatic carbocycles. The van der Waals surface area contributed by atoms with Gasteiger partial charge >= 0.3 is 0 Å². The molecule has 1 saturated heterocycles. The maximum atomic E-state index is 13.7. The number of carbonyl (C=O) groups is 2. The summed E-state index contributed by atoms with van der Waals surface area (Å²) in [6, 6.07) is 13.6. The van der Waals surface area contributed by atoms with Crippen molar-refractivity contribution in [1.29, 1.82) is 0 Å². The summed E-state index contributed by atoms with van der Waals surface area (Å²) in [6.45, 7) is 1.65. The van der Waals surface area contributed by atoms with Gasteiger partial charge in [-0.05, 0) is 96.0 Å². The molecule has 42 heavy (non-hydrogen) atoms. The number of nitrogens with zero attached hydrogens (tertiary/aromatic N) is 1. The summed E-state index contributed by atoms with van der Waals surface area (Å²) in [5.41, 5.74) is 4.49. The number of benzene rings is 2. The minimum atomic E-state index is -0.865. The highest BCUT2D eigenvalue weighted by Crippen LogP contribution is 2.47. The van der Waals surface area contributed by atoms with Gasteiger partial charge in [-0.2, -0.15) is 0 Å². The van der Waals surface area contributed by atoms with E-state index in [0.717, 1.165) is 54.4 Å². The van der Waals surface area contributed by atoms with Crippen LogP contribution in [0.2, 0.25) is 0 Å². The lowest BCUT2D eigenvalue weighted by molar-refractivity contribution is -0.143. The average molecular weight is 686 g/mol. The summed E-state index contributed by atoms with van der Waals surface area (Å²) in [7, 11) is 1.52. The van der Waals surface area contributed by atoms with Gasteiger partial charge in [0.25, 0.3) is 0 Å². The Hall–Kier alpha value is -2.69. The Bertz CT molecular complexity index is 1380. The first kappa shape index (κ1) is 30.8. The number of halogens is 1. The van der Waals surface area contributed by atoms with Gasteiger partial charge < -0.3 is 20.1 Å². The number of aliphatic hydroxyl groups is 2. The molecule has 8 heteroatoms. The Kier molecular flexibility index (Phi) is 9.74. The second-order valence-corrected chi connectivity index (χ2v) is 13.0. The van der Waals surface area contributed by atoms with Gasteiger partial charge in [-0.25, -0.2) is 0 Å². The third kappa shape index (κ3) is 6.03. The summed E-state index contributed by atoms with van der Waals surface area (Å²) in [5.74, 6) is -1.43. The summed E-state index contributed by atoms with van der Waals surface area (Å²) >= 11 is 2.08. The van der Waals surface area contributed by atoms with Crippen LogP contribution in [0.15, 0.2) is 53.6 Å². The third-order valence-corrected chi connectivity index (χ3v) is 10.1. The quantitative estimate of drug-likeness (QED) is 0.130. The van der Waals surface area contributed by atoms with Crippen LogP contribution in [0, 0.1) is 21.3 Å². The smallest absolute Gasteiger partial charge is 0.234 e. The number of methoxy groups -OCH3 is 1. The van der Waals surface area contributed by atoms with Crippen LogP contribution in [-0.2, 0) is 9.59 Å². The molecule has 0 unspecified atom stereocenters. The lowest BCUT2D eigenvalue weighted by atomic mass is 9.68. The molecule has 0 aromatic heterocycles. The van der Waals surface area contributed by atoms with Crippen molar-refractivity contribution in [2.24, 2.45) is 17.8 Å². The minimum absolute atomic E-state index is 0.0440. The molecule has 0 radical (unpaired) electrons. The number of amides is 2. The average Bonchev–Trinajstić information content (AvgIpc) is 3.25. The number of hydrogen-bond donors (Lipinski definition) is 3. The number of likely N-dealkylation sites (tertiary alicyclic amines) is 1. The zero-order valence-corrected chi connectivity index (χ0v) is 26.4. The fraction of sp³-hybridized carbons (Fsp3) is 0.471. The molecule has 3 N–H and O–H groups in total. The lowest BCUT2D eigenvalue weighted by Gasteiger charge is -2.35. The Morgan fingerprint density at radius 1 is 1.12 bits per heavy atom. The number of phenols is 1. The van der Waals surface area contributed by atoms with Gasteiger partial charge in [-0.1, -0.05) is 61.2 Å². The van der Waals surface area contributed by atoms with Crippen LogP contribution in [0.1, 0.15) is 69.4 Å². The largest absolute Gasteiger partial charge is 0.504 e. The summed E-state index contributed by atoms with van der Waals surface area (Å²) in [6.07, 6.45) is 7.42. The molecule has 1 saturated carbocycles. The van der Waals surface area contributed by atoms with Gasteiger partial charge in [0.15, 0.2) is 11.5 Å². The van der Waals surface area contributed by atoms with E-state index >= 15 is 0 Å². The second-order valence-electron chi connectivity index (χ2n) is 11.8. The number of carbonyl (C=O) groups excluding carboxylic acids is 2. The van der Waals surface area contributed by atoms with Crippen LogP contribution in [0.3, 0.4) is 0 Å². The van der Waals surface area contributed by atoms with Crippen LogP contribution in [0.4, 0.5) is 0 Å². The molecular weight excluding hydrogens is 645 g/mol. The molecule has 2 amide bonds. The number of allylic oxidation sites excluding steroid dienone is 2. The van der Waals surface area contributed by atoms with Crippen LogP contribution in [0.5, 0.6) is 11.5 Å². The molecule has 224 valence electrons. The standard InChI is InChI=1S/C34H40INO6/c1-20-15-25-31(34(41)36(33(25)40)24-11-7-4-8-12-24)26(19-37)30(20)28(38)14-13-23(22-9-5-3-6-10-22)16-21-17-27(35)32(39)29(18-21)42-2/h3,5-6,9-10,16-18,24-26,28,31,37-39H,4,7-8,11-15,19H2,1-2H3/b23-16-/t25-,26+,28-,31-/m1/s1. The molecule has 4 atom stereocenters. The van der Waals surface area contributed by atoms with Gasteiger partial charge in [-0.15, -0.1) is 0 Å². The third-order valence-electron chi connectivity index (χ3n) is 9.30. The molecule has 2 fully saturated rings. The zero-order valence-electron chi connectivity index (χ0n) is 24.3. The van der Waals surface area contributed by atoms with Crippen LogP contribution in [-0.4, -0.2) is 57.9 Å². The van der Waals surface area contributed by atoms with Crippen molar-refractivity contribution in [3.8, 4) is 11.5 Å². The van der Waals surface area contributed by atoms with E-state index in [-0.39, 0.29) is 30.2 Å². The SMILES string of the molecule is COc1cc(/C=C(/CC[C@@H](O)C2=C(C)C[C@H]3C(=O)N(C4CCCCC4)C(=O)[C@H]3[C@H]2CO)c2ccccc2)cc(I)c1O. The number of phenolic OH excluding ortho intramolecular Hbond substituents is 1. The Morgan fingerprint density at radius 3 is 2.50 bits per heavy atom. The highest BCUT2D eigenvalue weighted by molar-refractivity contribution is 14.1. The number of aromatic hydroxyl groups is 1.